The fourth-order valence-electron chi connectivity index (χ4n) is 0.141. The van der Waals surface area contributed by atoms with Gasteiger partial charge in [-0.3, -0.25) is 0 Å². The quantitative estimate of drug-likeness (QED) is 0.420. The molecule has 0 rings (SSSR count). The van der Waals surface area contributed by atoms with Gasteiger partial charge in [0.2, 0.25) is 0 Å². The van der Waals surface area contributed by atoms with E-state index in [1.165, 1.54) is 0 Å². The Morgan fingerprint density at radius 2 is 2.25 bits per heavy atom. The molecule has 0 aromatic carbocycles. The molecule has 0 aromatic rings. The van der Waals surface area contributed by atoms with Gasteiger partial charge in [-0.25, -0.2) is 8.42 Å². The van der Waals surface area contributed by atoms with Gasteiger partial charge in [-0.1, -0.05) is 5.92 Å². The van der Waals surface area contributed by atoms with Crippen molar-refractivity contribution in [2.24, 2.45) is 0 Å². The summed E-state index contributed by atoms with van der Waals surface area (Å²) in [6, 6.07) is 0. The van der Waals surface area contributed by atoms with Crippen molar-refractivity contribution in [1.29, 1.82) is 0 Å². The molecule has 0 aliphatic carbocycles. The standard InChI is InChI=1S/C4H6O2S2/c1-3-4-7-8(2,5)6/h1H,4H2,2H3. The Bertz CT molecular complexity index is 185. The Hall–Kier alpha value is -0.140. The summed E-state index contributed by atoms with van der Waals surface area (Å²) in [6.45, 7) is 0. The highest BCUT2D eigenvalue weighted by Gasteiger charge is 1.97. The summed E-state index contributed by atoms with van der Waals surface area (Å²) in [4.78, 5) is 0. The van der Waals surface area contributed by atoms with E-state index in [1.807, 2.05) is 0 Å². The molecule has 4 heteroatoms. The predicted octanol–water partition coefficient (Wildman–Crippen LogP) is 0.312. The summed E-state index contributed by atoms with van der Waals surface area (Å²) >= 11 is 0. The van der Waals surface area contributed by atoms with E-state index in [1.54, 1.807) is 0 Å². The minimum atomic E-state index is -2.91. The lowest BCUT2D eigenvalue weighted by Gasteiger charge is -1.86. The summed E-state index contributed by atoms with van der Waals surface area (Å²) in [7, 11) is -2.14. The molecule has 0 N–H and O–H groups in total. The van der Waals surface area contributed by atoms with Crippen molar-refractivity contribution in [3.05, 3.63) is 0 Å². The van der Waals surface area contributed by atoms with Gasteiger partial charge in [0.25, 0.3) is 0 Å². The van der Waals surface area contributed by atoms with E-state index in [9.17, 15) is 8.42 Å². The van der Waals surface area contributed by atoms with Crippen LogP contribution in [0.3, 0.4) is 0 Å². The van der Waals surface area contributed by atoms with Crippen molar-refractivity contribution < 1.29 is 8.42 Å². The van der Waals surface area contributed by atoms with E-state index in [2.05, 4.69) is 5.92 Å². The van der Waals surface area contributed by atoms with E-state index in [4.69, 9.17) is 6.42 Å². The fraction of sp³-hybridized carbons (Fsp3) is 0.500. The minimum absolute atomic E-state index is 0.235. The number of hydrogen-bond acceptors (Lipinski definition) is 3. The number of terminal acetylenes is 1. The van der Waals surface area contributed by atoms with Gasteiger partial charge in [0.05, 0.1) is 5.75 Å². The van der Waals surface area contributed by atoms with Crippen LogP contribution in [0, 0.1) is 12.3 Å². The van der Waals surface area contributed by atoms with Crippen LogP contribution in [0.25, 0.3) is 0 Å². The first kappa shape index (κ1) is 7.86. The van der Waals surface area contributed by atoms with Gasteiger partial charge in [0.15, 0.2) is 8.87 Å². The van der Waals surface area contributed by atoms with Crippen molar-refractivity contribution in [3.8, 4) is 12.3 Å². The predicted molar refractivity (Wildman–Crippen MR) is 36.1 cm³/mol. The molecule has 0 spiro atoms. The second-order valence-corrected chi connectivity index (χ2v) is 5.63. The zero-order valence-corrected chi connectivity index (χ0v) is 6.05. The SMILES string of the molecule is C#CCSS(C)(=O)=O. The average Bonchev–Trinajstić information content (AvgIpc) is 1.59. The fourth-order valence-corrected chi connectivity index (χ4v) is 1.27. The first-order valence-corrected chi connectivity index (χ1v) is 5.23. The van der Waals surface area contributed by atoms with Crippen molar-refractivity contribution in [3.63, 3.8) is 0 Å². The highest BCUT2D eigenvalue weighted by Crippen LogP contribution is 2.06. The molecule has 0 radical (unpaired) electrons. The Labute approximate surface area is 53.0 Å². The summed E-state index contributed by atoms with van der Waals surface area (Å²) in [5.74, 6) is 2.44. The number of hydrogen-bond donors (Lipinski definition) is 0. The summed E-state index contributed by atoms with van der Waals surface area (Å²) in [6.07, 6.45) is 5.93. The highest BCUT2D eigenvalue weighted by molar-refractivity contribution is 8.71. The van der Waals surface area contributed by atoms with E-state index in [0.29, 0.717) is 0 Å². The van der Waals surface area contributed by atoms with Crippen LogP contribution in [0.1, 0.15) is 0 Å². The normalized spacial score (nSPS) is 10.5. The van der Waals surface area contributed by atoms with Crippen molar-refractivity contribution >= 4 is 19.7 Å². The van der Waals surface area contributed by atoms with E-state index < -0.39 is 8.87 Å². The van der Waals surface area contributed by atoms with Crippen LogP contribution in [0.2, 0.25) is 0 Å². The van der Waals surface area contributed by atoms with E-state index in [-0.39, 0.29) is 5.75 Å². The Balaban J connectivity index is 3.63. The second kappa shape index (κ2) is 3.00. The molecule has 46 valence electrons. The van der Waals surface area contributed by atoms with Gasteiger partial charge in [0.1, 0.15) is 0 Å². The van der Waals surface area contributed by atoms with Gasteiger partial charge >= 0.3 is 0 Å². The maximum atomic E-state index is 10.3. The lowest BCUT2D eigenvalue weighted by molar-refractivity contribution is 0.615. The summed E-state index contributed by atoms with van der Waals surface area (Å²) < 4.78 is 20.5. The molecule has 0 saturated heterocycles. The van der Waals surface area contributed by atoms with Crippen LogP contribution < -0.4 is 0 Å². The lowest BCUT2D eigenvalue weighted by Crippen LogP contribution is -1.87. The van der Waals surface area contributed by atoms with Crippen LogP contribution >= 0.6 is 10.8 Å². The maximum Gasteiger partial charge on any atom is 0.199 e. The van der Waals surface area contributed by atoms with Crippen LogP contribution in [0.4, 0.5) is 0 Å². The molecule has 0 saturated carbocycles. The molecular weight excluding hydrogens is 144 g/mol. The molecule has 0 bridgehead atoms. The van der Waals surface area contributed by atoms with Crippen LogP contribution in [0.15, 0.2) is 0 Å². The summed E-state index contributed by atoms with van der Waals surface area (Å²) in [5, 5.41) is 0. The molecule has 0 aliphatic heterocycles. The molecule has 0 heterocycles. The van der Waals surface area contributed by atoms with E-state index >= 15 is 0 Å². The minimum Gasteiger partial charge on any atom is -0.218 e. The molecule has 0 amide bonds. The Morgan fingerprint density at radius 3 is 2.38 bits per heavy atom. The Morgan fingerprint density at radius 1 is 1.75 bits per heavy atom. The first-order chi connectivity index (χ1) is 3.56. The topological polar surface area (TPSA) is 34.1 Å². The number of rotatable bonds is 2. The largest absolute Gasteiger partial charge is 0.218 e. The molecule has 0 unspecified atom stereocenters. The molecule has 0 fully saturated rings. The third-order valence-corrected chi connectivity index (χ3v) is 2.71. The zero-order chi connectivity index (χ0) is 6.62. The van der Waals surface area contributed by atoms with Crippen molar-refractivity contribution in [1.82, 2.24) is 0 Å². The van der Waals surface area contributed by atoms with E-state index in [0.717, 1.165) is 17.0 Å². The Kier molecular flexibility index (Phi) is 2.95. The summed E-state index contributed by atoms with van der Waals surface area (Å²) in [5.41, 5.74) is 0. The zero-order valence-electron chi connectivity index (χ0n) is 4.42. The van der Waals surface area contributed by atoms with Crippen molar-refractivity contribution in [2.45, 2.75) is 0 Å². The maximum absolute atomic E-state index is 10.3. The van der Waals surface area contributed by atoms with Crippen LogP contribution in [-0.2, 0) is 8.87 Å². The van der Waals surface area contributed by atoms with Gasteiger partial charge in [-0.15, -0.1) is 6.42 Å². The van der Waals surface area contributed by atoms with Crippen LogP contribution in [0.5, 0.6) is 0 Å². The molecular formula is C4H6O2S2. The lowest BCUT2D eigenvalue weighted by atomic mass is 10.8. The molecule has 0 atom stereocenters. The third kappa shape index (κ3) is 5.86. The molecule has 2 nitrogen and oxygen atoms in total. The monoisotopic (exact) mass is 150 g/mol. The van der Waals surface area contributed by atoms with Gasteiger partial charge in [-0.05, 0) is 10.8 Å². The first-order valence-electron chi connectivity index (χ1n) is 1.84. The van der Waals surface area contributed by atoms with Crippen LogP contribution in [-0.4, -0.2) is 20.4 Å². The van der Waals surface area contributed by atoms with Gasteiger partial charge in [-0.2, -0.15) is 0 Å². The van der Waals surface area contributed by atoms with Gasteiger partial charge in [0, 0.05) is 6.26 Å². The smallest absolute Gasteiger partial charge is 0.199 e. The molecule has 0 aliphatic rings. The molecule has 8 heavy (non-hydrogen) atoms. The van der Waals surface area contributed by atoms with Gasteiger partial charge < -0.3 is 0 Å². The second-order valence-electron chi connectivity index (χ2n) is 1.17. The molecule has 0 aromatic heterocycles. The average molecular weight is 150 g/mol. The highest BCUT2D eigenvalue weighted by atomic mass is 33.1. The third-order valence-electron chi connectivity index (χ3n) is 0.356. The van der Waals surface area contributed by atoms with Crippen molar-refractivity contribution in [2.75, 3.05) is 12.0 Å².